The third kappa shape index (κ3) is 1.66. The van der Waals surface area contributed by atoms with Crippen molar-refractivity contribution in [1.82, 2.24) is 4.98 Å². The summed E-state index contributed by atoms with van der Waals surface area (Å²) in [6.45, 7) is 0. The molecule has 0 aliphatic carbocycles. The summed E-state index contributed by atoms with van der Waals surface area (Å²) in [6.07, 6.45) is 2.79. The molecule has 1 aromatic heterocycles. The Kier molecular flexibility index (Phi) is 2.78. The van der Waals surface area contributed by atoms with Gasteiger partial charge in [0, 0.05) is 21.1 Å². The van der Waals surface area contributed by atoms with Gasteiger partial charge in [0.1, 0.15) is 0 Å². The van der Waals surface area contributed by atoms with Crippen LogP contribution in [0.15, 0.2) is 36.4 Å². The van der Waals surface area contributed by atoms with Crippen molar-refractivity contribution in [3.63, 3.8) is 0 Å². The average molecular weight is 323 g/mol. The van der Waals surface area contributed by atoms with E-state index in [2.05, 4.69) is 11.2 Å². The fourth-order valence-electron chi connectivity index (χ4n) is 0.964. The molecule has 11 heavy (non-hydrogen) atoms. The molecule has 0 spiro atoms. The second-order valence-corrected chi connectivity index (χ2v) is 2.13. The molecule has 1 nitrogen and oxygen atoms in total. The number of hydrogen-bond donors (Lipinski definition) is 0. The molecule has 0 fully saturated rings. The first-order valence-electron chi connectivity index (χ1n) is 3.19. The van der Waals surface area contributed by atoms with Gasteiger partial charge in [-0.1, -0.05) is 30.5 Å². The van der Waals surface area contributed by atoms with Crippen LogP contribution in [0.1, 0.15) is 0 Å². The summed E-state index contributed by atoms with van der Waals surface area (Å²) in [5.74, 6) is 0. The summed E-state index contributed by atoms with van der Waals surface area (Å²) in [4.78, 5) is 4.06. The van der Waals surface area contributed by atoms with Gasteiger partial charge in [0.25, 0.3) is 0 Å². The van der Waals surface area contributed by atoms with Gasteiger partial charge < -0.3 is 4.98 Å². The number of para-hydroxylation sites is 1. The normalized spacial score (nSPS) is 9.09. The van der Waals surface area contributed by atoms with E-state index in [9.17, 15) is 0 Å². The minimum absolute atomic E-state index is 0. The Labute approximate surface area is 79.7 Å². The van der Waals surface area contributed by atoms with Gasteiger partial charge in [0.15, 0.2) is 0 Å². The van der Waals surface area contributed by atoms with Gasteiger partial charge in [-0.05, 0) is 5.52 Å². The summed E-state index contributed by atoms with van der Waals surface area (Å²) in [5.41, 5.74) is 1.00. The first-order valence-corrected chi connectivity index (χ1v) is 3.19. The number of rotatable bonds is 0. The van der Waals surface area contributed by atoms with Crippen LogP contribution in [0.3, 0.4) is 0 Å². The molecule has 2 heteroatoms. The van der Waals surface area contributed by atoms with Crippen molar-refractivity contribution >= 4 is 10.9 Å². The molecule has 2 rings (SSSR count). The van der Waals surface area contributed by atoms with Crippen LogP contribution in [0.5, 0.6) is 0 Å². The molecule has 0 unspecified atom stereocenters. The Bertz CT molecular complexity index is 281. The van der Waals surface area contributed by atoms with E-state index in [0.717, 1.165) is 5.52 Å². The predicted molar refractivity (Wildman–Crippen MR) is 40.6 cm³/mol. The summed E-state index contributed by atoms with van der Waals surface area (Å²) < 4.78 is 0. The van der Waals surface area contributed by atoms with E-state index in [1.54, 1.807) is 0 Å². The van der Waals surface area contributed by atoms with Gasteiger partial charge in [-0.15, -0.1) is 5.39 Å². The standard InChI is InChI=1S/C9H6N.Pt/c1-2-6-9-8(4-1)5-3-7-10-9;/h1-6H;/q-1;. The maximum Gasteiger partial charge on any atom is 0 e. The molecule has 1 aromatic carbocycles. The molecule has 0 bridgehead atoms. The van der Waals surface area contributed by atoms with Gasteiger partial charge >= 0.3 is 0 Å². The molecule has 0 aliphatic rings. The average Bonchev–Trinajstić information content (AvgIpc) is 2.05. The van der Waals surface area contributed by atoms with Crippen LogP contribution in [0, 0.1) is 6.20 Å². The Hall–Kier alpha value is -0.682. The molecule has 0 radical (unpaired) electrons. The van der Waals surface area contributed by atoms with Crippen LogP contribution in [0.25, 0.3) is 10.9 Å². The zero-order chi connectivity index (χ0) is 6.81. The third-order valence-corrected chi connectivity index (χ3v) is 1.46. The molecule has 0 aliphatic heterocycles. The number of benzene rings is 1. The molecule has 1 heterocycles. The minimum Gasteiger partial charge on any atom is -0.386 e. The van der Waals surface area contributed by atoms with Crippen molar-refractivity contribution in [3.05, 3.63) is 42.6 Å². The molecule has 58 valence electrons. The van der Waals surface area contributed by atoms with E-state index < -0.39 is 0 Å². The Morgan fingerprint density at radius 1 is 1.09 bits per heavy atom. The van der Waals surface area contributed by atoms with Crippen LogP contribution in [-0.4, -0.2) is 4.98 Å². The van der Waals surface area contributed by atoms with Crippen molar-refractivity contribution in [2.45, 2.75) is 0 Å². The Morgan fingerprint density at radius 2 is 1.91 bits per heavy atom. The Morgan fingerprint density at radius 3 is 2.73 bits per heavy atom. The second kappa shape index (κ2) is 3.64. The number of hydrogen-bond acceptors (Lipinski definition) is 1. The maximum atomic E-state index is 4.06. The van der Waals surface area contributed by atoms with E-state index in [1.165, 1.54) is 5.39 Å². The zero-order valence-corrected chi connectivity index (χ0v) is 8.00. The molecule has 0 amide bonds. The van der Waals surface area contributed by atoms with Gasteiger partial charge in [-0.2, -0.15) is 12.1 Å². The zero-order valence-electron chi connectivity index (χ0n) is 5.73. The van der Waals surface area contributed by atoms with Crippen molar-refractivity contribution in [2.24, 2.45) is 0 Å². The molecular weight excluding hydrogens is 317 g/mol. The summed E-state index contributed by atoms with van der Waals surface area (Å²) in [7, 11) is 0. The first-order chi connectivity index (χ1) is 4.97. The minimum atomic E-state index is 0. The maximum absolute atomic E-state index is 4.06. The molecule has 0 saturated heterocycles. The van der Waals surface area contributed by atoms with Gasteiger partial charge in [0.05, 0.1) is 0 Å². The van der Waals surface area contributed by atoms with Crippen LogP contribution >= 0.6 is 0 Å². The quantitative estimate of drug-likeness (QED) is 0.676. The monoisotopic (exact) mass is 323 g/mol. The second-order valence-electron chi connectivity index (χ2n) is 2.13. The number of aromatic nitrogens is 1. The predicted octanol–water partition coefficient (Wildman–Crippen LogP) is 2.03. The summed E-state index contributed by atoms with van der Waals surface area (Å²) in [6, 6.07) is 11.8. The first kappa shape index (κ1) is 8.42. The number of fused-ring (bicyclic) bond motifs is 1. The van der Waals surface area contributed by atoms with E-state index >= 15 is 0 Å². The van der Waals surface area contributed by atoms with Crippen LogP contribution < -0.4 is 0 Å². The van der Waals surface area contributed by atoms with E-state index in [0.29, 0.717) is 0 Å². The van der Waals surface area contributed by atoms with Crippen molar-refractivity contribution in [2.75, 3.05) is 0 Å². The van der Waals surface area contributed by atoms with Gasteiger partial charge in [-0.3, -0.25) is 0 Å². The van der Waals surface area contributed by atoms with Crippen LogP contribution in [0.2, 0.25) is 0 Å². The molecule has 0 N–H and O–H groups in total. The number of nitrogens with zero attached hydrogens (tertiary/aromatic N) is 1. The number of pyridine rings is 1. The molecular formula is C9H6NPt-. The summed E-state index contributed by atoms with van der Waals surface area (Å²) >= 11 is 0. The van der Waals surface area contributed by atoms with Crippen LogP contribution in [-0.2, 0) is 21.1 Å². The largest absolute Gasteiger partial charge is 0.386 e. The van der Waals surface area contributed by atoms with Crippen molar-refractivity contribution in [3.8, 4) is 0 Å². The molecule has 2 aromatic rings. The molecule has 0 saturated carbocycles. The van der Waals surface area contributed by atoms with Gasteiger partial charge in [0.2, 0.25) is 0 Å². The van der Waals surface area contributed by atoms with Crippen molar-refractivity contribution < 1.29 is 21.1 Å². The van der Waals surface area contributed by atoms with Crippen molar-refractivity contribution in [1.29, 1.82) is 0 Å². The fraction of sp³-hybridized carbons (Fsp3) is 0. The Balaban J connectivity index is 0.000000605. The smallest absolute Gasteiger partial charge is 0 e. The van der Waals surface area contributed by atoms with Gasteiger partial charge in [-0.25, -0.2) is 0 Å². The SMILES string of the molecule is [Pt].[c-]1ccc2ccccc2n1. The third-order valence-electron chi connectivity index (χ3n) is 1.46. The topological polar surface area (TPSA) is 12.9 Å². The van der Waals surface area contributed by atoms with E-state index in [1.807, 2.05) is 36.4 Å². The fourth-order valence-corrected chi connectivity index (χ4v) is 0.964. The van der Waals surface area contributed by atoms with E-state index in [4.69, 9.17) is 0 Å². The molecule has 0 atom stereocenters. The van der Waals surface area contributed by atoms with Crippen LogP contribution in [0.4, 0.5) is 0 Å². The summed E-state index contributed by atoms with van der Waals surface area (Å²) in [5, 5.41) is 1.17. The van der Waals surface area contributed by atoms with E-state index in [-0.39, 0.29) is 21.1 Å².